The van der Waals surface area contributed by atoms with Crippen LogP contribution in [-0.2, 0) is 0 Å². The van der Waals surface area contributed by atoms with Crippen LogP contribution in [-0.4, -0.2) is 25.3 Å². The summed E-state index contributed by atoms with van der Waals surface area (Å²) >= 11 is 3.47. The summed E-state index contributed by atoms with van der Waals surface area (Å²) in [6.45, 7) is 3.93. The molecule has 0 atom stereocenters. The van der Waals surface area contributed by atoms with Crippen LogP contribution in [0.5, 0.6) is 11.5 Å². The fourth-order valence-electron chi connectivity index (χ4n) is 2.48. The SMILES string of the molecule is COc1cccc2cc(C(=O)N/N=C\c3ccc(OC(C)C)c(Br)c3)oc12. The molecule has 6 nitrogen and oxygen atoms in total. The second-order valence-corrected chi connectivity index (χ2v) is 6.90. The molecule has 0 bridgehead atoms. The lowest BCUT2D eigenvalue weighted by atomic mass is 10.2. The highest BCUT2D eigenvalue weighted by Crippen LogP contribution is 2.28. The molecule has 0 aliphatic rings. The minimum Gasteiger partial charge on any atom is -0.493 e. The summed E-state index contributed by atoms with van der Waals surface area (Å²) in [5.74, 6) is 1.04. The molecule has 0 saturated heterocycles. The second-order valence-electron chi connectivity index (χ2n) is 6.04. The quantitative estimate of drug-likeness (QED) is 0.452. The number of benzene rings is 2. The highest BCUT2D eigenvalue weighted by atomic mass is 79.9. The number of amides is 1. The Labute approximate surface area is 165 Å². The number of halogens is 1. The number of hydrazone groups is 1. The smallest absolute Gasteiger partial charge is 0.307 e. The van der Waals surface area contributed by atoms with Crippen LogP contribution in [0.25, 0.3) is 11.0 Å². The average molecular weight is 431 g/mol. The first-order chi connectivity index (χ1) is 13.0. The van der Waals surface area contributed by atoms with Gasteiger partial charge in [-0.25, -0.2) is 5.43 Å². The molecule has 2 aromatic carbocycles. The Kier molecular flexibility index (Phi) is 5.81. The molecule has 7 heteroatoms. The first kappa shape index (κ1) is 19.0. The van der Waals surface area contributed by atoms with Gasteiger partial charge in [-0.3, -0.25) is 4.79 Å². The molecule has 0 spiro atoms. The Morgan fingerprint density at radius 3 is 2.74 bits per heavy atom. The molecule has 0 radical (unpaired) electrons. The molecule has 0 fully saturated rings. The minimum atomic E-state index is -0.441. The van der Waals surface area contributed by atoms with Crippen molar-refractivity contribution in [3.8, 4) is 11.5 Å². The van der Waals surface area contributed by atoms with Crippen LogP contribution in [0.2, 0.25) is 0 Å². The van der Waals surface area contributed by atoms with Crippen LogP contribution in [0.15, 0.2) is 56.5 Å². The summed E-state index contributed by atoms with van der Waals surface area (Å²) in [6.07, 6.45) is 1.63. The number of rotatable bonds is 6. The van der Waals surface area contributed by atoms with E-state index in [1.54, 1.807) is 25.5 Å². The molecule has 1 aromatic heterocycles. The molecular formula is C20H19BrN2O4. The predicted molar refractivity (Wildman–Crippen MR) is 108 cm³/mol. The fourth-order valence-corrected chi connectivity index (χ4v) is 2.97. The summed E-state index contributed by atoms with van der Waals surface area (Å²) < 4.78 is 17.3. The highest BCUT2D eigenvalue weighted by molar-refractivity contribution is 9.10. The summed E-state index contributed by atoms with van der Waals surface area (Å²) in [5.41, 5.74) is 3.80. The third-order valence-corrected chi connectivity index (χ3v) is 4.27. The topological polar surface area (TPSA) is 73.1 Å². The Hall–Kier alpha value is -2.80. The number of hydrogen-bond acceptors (Lipinski definition) is 5. The lowest BCUT2D eigenvalue weighted by Gasteiger charge is -2.11. The molecule has 1 heterocycles. The van der Waals surface area contributed by atoms with Crippen LogP contribution in [0, 0.1) is 0 Å². The van der Waals surface area contributed by atoms with Crippen molar-refractivity contribution in [3.05, 3.63) is 58.3 Å². The van der Waals surface area contributed by atoms with E-state index < -0.39 is 5.91 Å². The van der Waals surface area contributed by atoms with Gasteiger partial charge in [-0.15, -0.1) is 0 Å². The molecular weight excluding hydrogens is 412 g/mol. The molecule has 3 rings (SSSR count). The number of furan rings is 1. The zero-order chi connectivity index (χ0) is 19.4. The number of carbonyl (C=O) groups is 1. The van der Waals surface area contributed by atoms with Gasteiger partial charge in [0.05, 0.1) is 23.9 Å². The first-order valence-electron chi connectivity index (χ1n) is 8.34. The normalized spacial score (nSPS) is 11.3. The molecule has 0 aliphatic carbocycles. The van der Waals surface area contributed by atoms with E-state index in [2.05, 4.69) is 26.5 Å². The van der Waals surface area contributed by atoms with Crippen LogP contribution < -0.4 is 14.9 Å². The molecule has 0 saturated carbocycles. The van der Waals surface area contributed by atoms with Crippen molar-refractivity contribution in [3.63, 3.8) is 0 Å². The van der Waals surface area contributed by atoms with Crippen molar-refractivity contribution >= 4 is 39.0 Å². The Bertz CT molecular complexity index is 995. The van der Waals surface area contributed by atoms with Crippen molar-refractivity contribution in [1.82, 2.24) is 5.43 Å². The van der Waals surface area contributed by atoms with Crippen molar-refractivity contribution in [1.29, 1.82) is 0 Å². The zero-order valence-electron chi connectivity index (χ0n) is 15.2. The van der Waals surface area contributed by atoms with E-state index in [-0.39, 0.29) is 11.9 Å². The standard InChI is InChI=1S/C20H19BrN2O4/c1-12(2)26-16-8-7-13(9-15(16)21)11-22-23-20(24)18-10-14-5-4-6-17(25-3)19(14)27-18/h4-12H,1-3H3,(H,23,24)/b22-11-. The lowest BCUT2D eigenvalue weighted by molar-refractivity contribution is 0.0929. The first-order valence-corrected chi connectivity index (χ1v) is 9.13. The fraction of sp³-hybridized carbons (Fsp3) is 0.200. The van der Waals surface area contributed by atoms with Crippen molar-refractivity contribution in [2.75, 3.05) is 7.11 Å². The molecule has 1 amide bonds. The summed E-state index contributed by atoms with van der Waals surface area (Å²) in [4.78, 5) is 12.3. The van der Waals surface area contributed by atoms with Gasteiger partial charge in [0.25, 0.3) is 0 Å². The Morgan fingerprint density at radius 1 is 1.22 bits per heavy atom. The van der Waals surface area contributed by atoms with E-state index in [9.17, 15) is 4.79 Å². The highest BCUT2D eigenvalue weighted by Gasteiger charge is 2.14. The maximum atomic E-state index is 12.3. The maximum absolute atomic E-state index is 12.3. The number of nitrogens with one attached hydrogen (secondary N) is 1. The van der Waals surface area contributed by atoms with Crippen LogP contribution >= 0.6 is 15.9 Å². The number of carbonyl (C=O) groups excluding carboxylic acids is 1. The van der Waals surface area contributed by atoms with Gasteiger partial charge in [-0.1, -0.05) is 12.1 Å². The average Bonchev–Trinajstić information content (AvgIpc) is 3.08. The number of nitrogens with zero attached hydrogens (tertiary/aromatic N) is 1. The third-order valence-electron chi connectivity index (χ3n) is 3.65. The number of fused-ring (bicyclic) bond motifs is 1. The summed E-state index contributed by atoms with van der Waals surface area (Å²) in [6, 6.07) is 12.7. The summed E-state index contributed by atoms with van der Waals surface area (Å²) in [5, 5.41) is 4.77. The predicted octanol–water partition coefficient (Wildman–Crippen LogP) is 4.76. The van der Waals surface area contributed by atoms with E-state index >= 15 is 0 Å². The largest absolute Gasteiger partial charge is 0.493 e. The van der Waals surface area contributed by atoms with Crippen LogP contribution in [0.4, 0.5) is 0 Å². The van der Waals surface area contributed by atoms with Gasteiger partial charge >= 0.3 is 5.91 Å². The number of ether oxygens (including phenoxy) is 2. The van der Waals surface area contributed by atoms with Gasteiger partial charge in [-0.2, -0.15) is 5.10 Å². The monoisotopic (exact) mass is 430 g/mol. The number of hydrogen-bond donors (Lipinski definition) is 1. The molecule has 0 aliphatic heterocycles. The molecule has 27 heavy (non-hydrogen) atoms. The Morgan fingerprint density at radius 2 is 2.04 bits per heavy atom. The van der Waals surface area contributed by atoms with Gasteiger partial charge in [0.1, 0.15) is 5.75 Å². The number of para-hydroxylation sites is 1. The molecule has 1 N–H and O–H groups in total. The van der Waals surface area contributed by atoms with Gasteiger partial charge in [0.2, 0.25) is 0 Å². The second kappa shape index (κ2) is 8.26. The van der Waals surface area contributed by atoms with E-state index in [0.29, 0.717) is 11.3 Å². The maximum Gasteiger partial charge on any atom is 0.307 e. The van der Waals surface area contributed by atoms with E-state index in [0.717, 1.165) is 21.2 Å². The lowest BCUT2D eigenvalue weighted by Crippen LogP contribution is -2.16. The Balaban J connectivity index is 1.69. The molecule has 3 aromatic rings. The minimum absolute atomic E-state index is 0.0857. The molecule has 140 valence electrons. The van der Waals surface area contributed by atoms with Gasteiger partial charge in [-0.05, 0) is 65.7 Å². The zero-order valence-corrected chi connectivity index (χ0v) is 16.7. The van der Waals surface area contributed by atoms with E-state index in [4.69, 9.17) is 13.9 Å². The van der Waals surface area contributed by atoms with Crippen LogP contribution in [0.3, 0.4) is 0 Å². The van der Waals surface area contributed by atoms with Crippen molar-refractivity contribution in [2.45, 2.75) is 20.0 Å². The van der Waals surface area contributed by atoms with Crippen molar-refractivity contribution < 1.29 is 18.7 Å². The van der Waals surface area contributed by atoms with Gasteiger partial charge < -0.3 is 13.9 Å². The molecule has 0 unspecified atom stereocenters. The summed E-state index contributed by atoms with van der Waals surface area (Å²) in [7, 11) is 1.55. The number of methoxy groups -OCH3 is 1. The van der Waals surface area contributed by atoms with E-state index in [1.165, 1.54) is 0 Å². The van der Waals surface area contributed by atoms with Crippen molar-refractivity contribution in [2.24, 2.45) is 5.10 Å². The van der Waals surface area contributed by atoms with Gasteiger partial charge in [0, 0.05) is 5.39 Å². The van der Waals surface area contributed by atoms with Crippen LogP contribution in [0.1, 0.15) is 30.0 Å². The van der Waals surface area contributed by atoms with E-state index in [1.807, 2.05) is 44.2 Å². The third kappa shape index (κ3) is 4.49. The van der Waals surface area contributed by atoms with Gasteiger partial charge in [0.15, 0.2) is 17.1 Å².